The van der Waals surface area contributed by atoms with Crippen LogP contribution in [0.4, 0.5) is 10.5 Å². The maximum absolute atomic E-state index is 11.8. The number of amides is 2. The number of nitrogens with one attached hydrogen (secondary N) is 2. The third kappa shape index (κ3) is 5.94. The molecule has 1 aliphatic rings. The van der Waals surface area contributed by atoms with E-state index in [-0.39, 0.29) is 18.1 Å². The molecule has 126 valence electrons. The molecular weight excluding hydrogens is 290 g/mol. The molecule has 3 N–H and O–H groups in total. The van der Waals surface area contributed by atoms with Gasteiger partial charge < -0.3 is 20.6 Å². The maximum atomic E-state index is 11.8. The molecule has 2 unspecified atom stereocenters. The van der Waals surface area contributed by atoms with Crippen LogP contribution in [0.3, 0.4) is 0 Å². The number of urea groups is 1. The molecule has 1 aliphatic heterocycles. The highest BCUT2D eigenvalue weighted by Gasteiger charge is 2.09. The van der Waals surface area contributed by atoms with E-state index in [4.69, 9.17) is 0 Å². The third-order valence-electron chi connectivity index (χ3n) is 3.93. The summed E-state index contributed by atoms with van der Waals surface area (Å²) in [4.78, 5) is 14.1. The van der Waals surface area contributed by atoms with Crippen molar-refractivity contribution in [2.24, 2.45) is 5.92 Å². The number of carbonyl (C=O) groups is 1. The Morgan fingerprint density at radius 2 is 1.83 bits per heavy atom. The molecule has 0 aromatic heterocycles. The van der Waals surface area contributed by atoms with Crippen LogP contribution in [0.25, 0.3) is 0 Å². The normalized spacial score (nSPS) is 16.2. The number of carbonyl (C=O) groups excluding carboxylic acids is 1. The summed E-state index contributed by atoms with van der Waals surface area (Å²) in [5.74, 6) is 0.258. The van der Waals surface area contributed by atoms with Crippen LogP contribution in [-0.2, 0) is 6.54 Å². The number of anilines is 1. The zero-order chi connectivity index (χ0) is 16.7. The number of benzene rings is 1. The van der Waals surface area contributed by atoms with E-state index in [2.05, 4.69) is 39.8 Å². The lowest BCUT2D eigenvalue weighted by Gasteiger charge is -2.18. The van der Waals surface area contributed by atoms with Gasteiger partial charge in [-0.2, -0.15) is 0 Å². The number of hydrogen-bond acceptors (Lipinski definition) is 3. The Morgan fingerprint density at radius 3 is 2.43 bits per heavy atom. The summed E-state index contributed by atoms with van der Waals surface area (Å²) in [6, 6.07) is 8.10. The smallest absolute Gasteiger partial charge is 0.315 e. The third-order valence-corrected chi connectivity index (χ3v) is 3.93. The fraction of sp³-hybridized carbons (Fsp3) is 0.500. The van der Waals surface area contributed by atoms with Gasteiger partial charge in [-0.1, -0.05) is 31.2 Å². The first kappa shape index (κ1) is 17.3. The number of aliphatic hydroxyl groups excluding tert-OH is 1. The van der Waals surface area contributed by atoms with Crippen molar-refractivity contribution in [2.45, 2.75) is 32.9 Å². The molecule has 0 aliphatic carbocycles. The van der Waals surface area contributed by atoms with Crippen LogP contribution < -0.4 is 15.5 Å². The minimum atomic E-state index is -0.334. The van der Waals surface area contributed by atoms with Crippen LogP contribution in [-0.4, -0.2) is 36.9 Å². The van der Waals surface area contributed by atoms with Gasteiger partial charge in [0.25, 0.3) is 0 Å². The van der Waals surface area contributed by atoms with E-state index in [1.165, 1.54) is 5.69 Å². The van der Waals surface area contributed by atoms with Crippen molar-refractivity contribution >= 4 is 11.7 Å². The summed E-state index contributed by atoms with van der Waals surface area (Å²) >= 11 is 0. The Hall–Kier alpha value is -2.01. The highest BCUT2D eigenvalue weighted by Crippen LogP contribution is 2.17. The molecule has 0 bridgehead atoms. The van der Waals surface area contributed by atoms with Gasteiger partial charge in [-0.3, -0.25) is 0 Å². The van der Waals surface area contributed by atoms with Crippen LogP contribution in [0.1, 0.15) is 25.8 Å². The Labute approximate surface area is 138 Å². The van der Waals surface area contributed by atoms with Gasteiger partial charge in [0.1, 0.15) is 0 Å². The molecule has 0 saturated heterocycles. The number of rotatable bonds is 7. The second-order valence-electron chi connectivity index (χ2n) is 6.30. The average molecular weight is 317 g/mol. The van der Waals surface area contributed by atoms with Crippen molar-refractivity contribution in [3.8, 4) is 0 Å². The van der Waals surface area contributed by atoms with Gasteiger partial charge in [-0.15, -0.1) is 0 Å². The first-order valence-electron chi connectivity index (χ1n) is 8.23. The van der Waals surface area contributed by atoms with Gasteiger partial charge in [0.05, 0.1) is 6.10 Å². The van der Waals surface area contributed by atoms with E-state index in [1.807, 2.05) is 19.1 Å². The summed E-state index contributed by atoms with van der Waals surface area (Å²) in [5, 5.41) is 15.0. The Morgan fingerprint density at radius 1 is 1.17 bits per heavy atom. The van der Waals surface area contributed by atoms with Gasteiger partial charge >= 0.3 is 6.03 Å². The molecule has 2 amide bonds. The zero-order valence-corrected chi connectivity index (χ0v) is 14.0. The van der Waals surface area contributed by atoms with Crippen molar-refractivity contribution in [1.82, 2.24) is 10.6 Å². The molecule has 1 heterocycles. The average Bonchev–Trinajstić information content (AvgIpc) is 3.05. The van der Waals surface area contributed by atoms with Crippen molar-refractivity contribution in [2.75, 3.05) is 24.5 Å². The first-order chi connectivity index (χ1) is 11.0. The van der Waals surface area contributed by atoms with Gasteiger partial charge in [-0.05, 0) is 37.0 Å². The van der Waals surface area contributed by atoms with E-state index >= 15 is 0 Å². The van der Waals surface area contributed by atoms with Crippen molar-refractivity contribution in [3.63, 3.8) is 0 Å². The lowest BCUT2D eigenvalue weighted by atomic mass is 10.1. The minimum absolute atomic E-state index is 0.171. The van der Waals surface area contributed by atoms with Gasteiger partial charge in [0.2, 0.25) is 0 Å². The quantitative estimate of drug-likeness (QED) is 0.676. The molecular formula is C18H27N3O2. The van der Waals surface area contributed by atoms with Crippen LogP contribution in [0.2, 0.25) is 0 Å². The summed E-state index contributed by atoms with van der Waals surface area (Å²) in [7, 11) is 0. The lowest BCUT2D eigenvalue weighted by molar-refractivity contribution is 0.163. The standard InChI is InChI=1S/C18H27N3O2/c1-14(11-15(2)22)12-19-18(23)20-13-16-5-7-17(8-6-16)21-9-3-4-10-21/h3-8,14-15,22H,9-13H2,1-2H3,(H2,19,20,23). The first-order valence-corrected chi connectivity index (χ1v) is 8.23. The molecule has 2 atom stereocenters. The predicted molar refractivity (Wildman–Crippen MR) is 93.5 cm³/mol. The summed E-state index contributed by atoms with van der Waals surface area (Å²) < 4.78 is 0. The minimum Gasteiger partial charge on any atom is -0.393 e. The van der Waals surface area contributed by atoms with E-state index in [0.29, 0.717) is 19.5 Å². The molecule has 2 rings (SSSR count). The second-order valence-corrected chi connectivity index (χ2v) is 6.30. The predicted octanol–water partition coefficient (Wildman–Crippen LogP) is 2.27. The SMILES string of the molecule is CC(O)CC(C)CNC(=O)NCc1ccc(N2CC=CC2)cc1. The molecule has 1 aromatic rings. The molecule has 1 aromatic carbocycles. The number of aliphatic hydroxyl groups is 1. The Kier molecular flexibility index (Phi) is 6.47. The van der Waals surface area contributed by atoms with Crippen molar-refractivity contribution in [1.29, 1.82) is 0 Å². The molecule has 0 saturated carbocycles. The summed E-state index contributed by atoms with van der Waals surface area (Å²) in [5.41, 5.74) is 2.28. The molecule has 23 heavy (non-hydrogen) atoms. The van der Waals surface area contributed by atoms with Gasteiger partial charge in [0, 0.05) is 31.9 Å². The van der Waals surface area contributed by atoms with Crippen LogP contribution in [0.15, 0.2) is 36.4 Å². The van der Waals surface area contributed by atoms with Crippen LogP contribution in [0, 0.1) is 5.92 Å². The topological polar surface area (TPSA) is 64.6 Å². The van der Waals surface area contributed by atoms with Crippen LogP contribution in [0.5, 0.6) is 0 Å². The van der Waals surface area contributed by atoms with Crippen molar-refractivity contribution < 1.29 is 9.90 Å². The second kappa shape index (κ2) is 8.58. The summed E-state index contributed by atoms with van der Waals surface area (Å²) in [6.07, 6.45) is 4.68. The fourth-order valence-electron chi connectivity index (χ4n) is 2.69. The lowest BCUT2D eigenvalue weighted by Crippen LogP contribution is -2.37. The van der Waals surface area contributed by atoms with E-state index < -0.39 is 0 Å². The molecule has 0 fully saturated rings. The number of hydrogen-bond donors (Lipinski definition) is 3. The fourth-order valence-corrected chi connectivity index (χ4v) is 2.69. The molecule has 5 heteroatoms. The van der Waals surface area contributed by atoms with E-state index in [9.17, 15) is 9.90 Å². The van der Waals surface area contributed by atoms with E-state index in [0.717, 1.165) is 18.7 Å². The van der Waals surface area contributed by atoms with Gasteiger partial charge in [0.15, 0.2) is 0 Å². The molecule has 5 nitrogen and oxygen atoms in total. The molecule has 0 radical (unpaired) electrons. The zero-order valence-electron chi connectivity index (χ0n) is 14.0. The summed E-state index contributed by atoms with van der Waals surface area (Å²) in [6.45, 7) is 6.78. The maximum Gasteiger partial charge on any atom is 0.315 e. The Balaban J connectivity index is 1.69. The largest absolute Gasteiger partial charge is 0.393 e. The van der Waals surface area contributed by atoms with Crippen molar-refractivity contribution in [3.05, 3.63) is 42.0 Å². The Bertz CT molecular complexity index is 518. The number of nitrogens with zero attached hydrogens (tertiary/aromatic N) is 1. The van der Waals surface area contributed by atoms with Gasteiger partial charge in [-0.25, -0.2) is 4.79 Å². The monoisotopic (exact) mass is 317 g/mol. The van der Waals surface area contributed by atoms with E-state index in [1.54, 1.807) is 6.92 Å². The molecule has 0 spiro atoms. The highest BCUT2D eigenvalue weighted by atomic mass is 16.3. The highest BCUT2D eigenvalue weighted by molar-refractivity contribution is 5.73. The van der Waals surface area contributed by atoms with Crippen LogP contribution >= 0.6 is 0 Å².